The molecule has 0 N–H and O–H groups in total. The molecule has 6 nitrogen and oxygen atoms in total. The molecule has 1 aliphatic rings. The number of rotatable bonds is 6. The van der Waals surface area contributed by atoms with Gasteiger partial charge in [0, 0.05) is 37.6 Å². The molecule has 0 radical (unpaired) electrons. The standard InChI is InChI=1S/C27H29N3O3S2/c1-20-7-6-10-23(15-20)18-29-25(16-24-11-14-34-27(24)29)26(31)28-12-13-30(21(2)17-28)35(32,33)19-22-8-4-3-5-9-22/h3-11,14-16,21H,12-13,17-19H2,1-2H3. The number of sulfonamides is 1. The molecule has 8 heteroatoms. The van der Waals surface area contributed by atoms with Gasteiger partial charge >= 0.3 is 0 Å². The van der Waals surface area contributed by atoms with Crippen LogP contribution in [0.4, 0.5) is 0 Å². The van der Waals surface area contributed by atoms with Gasteiger partial charge in [-0.3, -0.25) is 4.79 Å². The zero-order valence-corrected chi connectivity index (χ0v) is 21.6. The Morgan fingerprint density at radius 1 is 1.00 bits per heavy atom. The van der Waals surface area contributed by atoms with Gasteiger partial charge in [0.2, 0.25) is 10.0 Å². The molecule has 0 saturated carbocycles. The van der Waals surface area contributed by atoms with E-state index < -0.39 is 10.0 Å². The Labute approximate surface area is 210 Å². The SMILES string of the molecule is Cc1cccc(Cn2c(C(=O)N3CCN(S(=O)(=O)Cc4ccccc4)C(C)C3)cc3ccsc32)c1. The summed E-state index contributed by atoms with van der Waals surface area (Å²) >= 11 is 1.63. The van der Waals surface area contributed by atoms with E-state index in [2.05, 4.69) is 29.7 Å². The predicted molar refractivity (Wildman–Crippen MR) is 141 cm³/mol. The molecule has 1 aliphatic heterocycles. The number of fused-ring (bicyclic) bond motifs is 1. The van der Waals surface area contributed by atoms with Crippen LogP contribution >= 0.6 is 11.3 Å². The summed E-state index contributed by atoms with van der Waals surface area (Å²) in [4.78, 5) is 16.6. The van der Waals surface area contributed by atoms with E-state index in [-0.39, 0.29) is 17.7 Å². The Bertz CT molecular complexity index is 1460. The number of carbonyl (C=O) groups is 1. The predicted octanol–water partition coefficient (Wildman–Crippen LogP) is 4.74. The van der Waals surface area contributed by atoms with Crippen LogP contribution in [0.25, 0.3) is 10.2 Å². The average molecular weight is 508 g/mol. The number of nitrogens with zero attached hydrogens (tertiary/aromatic N) is 3. The summed E-state index contributed by atoms with van der Waals surface area (Å²) in [5.74, 6) is -0.0742. The highest BCUT2D eigenvalue weighted by molar-refractivity contribution is 7.88. The fraction of sp³-hybridized carbons (Fsp3) is 0.296. The highest BCUT2D eigenvalue weighted by atomic mass is 32.2. The third-order valence-electron chi connectivity index (χ3n) is 6.55. The third kappa shape index (κ3) is 4.91. The first kappa shape index (κ1) is 23.8. The van der Waals surface area contributed by atoms with Crippen LogP contribution < -0.4 is 0 Å². The third-order valence-corrected chi connectivity index (χ3v) is 9.45. The first-order valence-corrected chi connectivity index (χ1v) is 14.3. The van der Waals surface area contributed by atoms with Gasteiger partial charge < -0.3 is 9.47 Å². The Morgan fingerprint density at radius 3 is 2.51 bits per heavy atom. The first-order valence-electron chi connectivity index (χ1n) is 11.8. The molecule has 4 aromatic rings. The number of hydrogen-bond acceptors (Lipinski definition) is 4. The summed E-state index contributed by atoms with van der Waals surface area (Å²) in [6.45, 7) is 5.62. The van der Waals surface area contributed by atoms with Crippen molar-refractivity contribution < 1.29 is 13.2 Å². The van der Waals surface area contributed by atoms with E-state index in [1.54, 1.807) is 20.5 Å². The van der Waals surface area contributed by atoms with E-state index in [1.807, 2.05) is 60.8 Å². The van der Waals surface area contributed by atoms with E-state index >= 15 is 0 Å². The van der Waals surface area contributed by atoms with Crippen LogP contribution in [0.5, 0.6) is 0 Å². The summed E-state index contributed by atoms with van der Waals surface area (Å²) in [5.41, 5.74) is 3.76. The van der Waals surface area contributed by atoms with E-state index in [1.165, 1.54) is 5.56 Å². The average Bonchev–Trinajstić information content (AvgIpc) is 3.41. The Balaban J connectivity index is 1.35. The topological polar surface area (TPSA) is 62.6 Å². The van der Waals surface area contributed by atoms with E-state index in [9.17, 15) is 13.2 Å². The monoisotopic (exact) mass is 507 g/mol. The molecule has 3 heterocycles. The van der Waals surface area contributed by atoms with Gasteiger partial charge in [-0.25, -0.2) is 8.42 Å². The minimum Gasteiger partial charge on any atom is -0.334 e. The summed E-state index contributed by atoms with van der Waals surface area (Å²) in [6, 6.07) is 21.3. The van der Waals surface area contributed by atoms with Crippen molar-refractivity contribution in [3.63, 3.8) is 0 Å². The van der Waals surface area contributed by atoms with Gasteiger partial charge in [0.15, 0.2) is 0 Å². The Hall–Kier alpha value is -2.94. The first-order chi connectivity index (χ1) is 16.8. The maximum absolute atomic E-state index is 13.7. The number of aromatic nitrogens is 1. The van der Waals surface area contributed by atoms with Crippen molar-refractivity contribution in [3.05, 3.63) is 94.5 Å². The van der Waals surface area contributed by atoms with Gasteiger partial charge in [-0.2, -0.15) is 4.31 Å². The summed E-state index contributed by atoms with van der Waals surface area (Å²) < 4.78 is 29.8. The summed E-state index contributed by atoms with van der Waals surface area (Å²) in [6.07, 6.45) is 0. The lowest BCUT2D eigenvalue weighted by Gasteiger charge is -2.39. The highest BCUT2D eigenvalue weighted by Gasteiger charge is 2.35. The lowest BCUT2D eigenvalue weighted by molar-refractivity contribution is 0.0632. The molecule has 1 fully saturated rings. The number of carbonyl (C=O) groups excluding carboxylic acids is 1. The Morgan fingerprint density at radius 2 is 1.77 bits per heavy atom. The highest BCUT2D eigenvalue weighted by Crippen LogP contribution is 2.28. The number of thiophene rings is 1. The van der Waals surface area contributed by atoms with Gasteiger partial charge in [-0.1, -0.05) is 60.2 Å². The second-order valence-corrected chi connectivity index (χ2v) is 12.1. The Kier molecular flexibility index (Phi) is 6.53. The quantitative estimate of drug-likeness (QED) is 0.379. The fourth-order valence-corrected chi connectivity index (χ4v) is 7.52. The van der Waals surface area contributed by atoms with Crippen molar-refractivity contribution in [2.24, 2.45) is 0 Å². The number of amides is 1. The van der Waals surface area contributed by atoms with Crippen LogP contribution in [0.2, 0.25) is 0 Å². The van der Waals surface area contributed by atoms with Crippen molar-refractivity contribution in [2.45, 2.75) is 32.2 Å². The lowest BCUT2D eigenvalue weighted by atomic mass is 10.1. The van der Waals surface area contributed by atoms with Crippen LogP contribution in [0.15, 0.2) is 72.1 Å². The zero-order valence-electron chi connectivity index (χ0n) is 19.9. The maximum Gasteiger partial charge on any atom is 0.270 e. The van der Waals surface area contributed by atoms with Crippen molar-refractivity contribution in [1.82, 2.24) is 13.8 Å². The van der Waals surface area contributed by atoms with Crippen molar-refractivity contribution in [1.29, 1.82) is 0 Å². The van der Waals surface area contributed by atoms with E-state index in [0.29, 0.717) is 31.9 Å². The van der Waals surface area contributed by atoms with E-state index in [4.69, 9.17) is 0 Å². The number of hydrogen-bond donors (Lipinski definition) is 0. The fourth-order valence-electron chi connectivity index (χ4n) is 4.87. The minimum absolute atomic E-state index is 0.0260. The summed E-state index contributed by atoms with van der Waals surface area (Å²) in [5, 5.41) is 3.10. The van der Waals surface area contributed by atoms with Crippen LogP contribution in [-0.4, -0.2) is 53.8 Å². The number of aryl methyl sites for hydroxylation is 1. The molecule has 0 aliphatic carbocycles. The molecule has 1 saturated heterocycles. The molecule has 1 amide bonds. The molecular formula is C27H29N3O3S2. The number of benzene rings is 2. The molecule has 2 aromatic heterocycles. The molecule has 1 atom stereocenters. The zero-order chi connectivity index (χ0) is 24.6. The van der Waals surface area contributed by atoms with Crippen LogP contribution in [0, 0.1) is 6.92 Å². The maximum atomic E-state index is 13.7. The van der Waals surface area contributed by atoms with Crippen molar-refractivity contribution in [2.75, 3.05) is 19.6 Å². The van der Waals surface area contributed by atoms with Crippen LogP contribution in [0.3, 0.4) is 0 Å². The molecule has 2 aromatic carbocycles. The molecule has 182 valence electrons. The second-order valence-electron chi connectivity index (χ2n) is 9.24. The smallest absolute Gasteiger partial charge is 0.270 e. The van der Waals surface area contributed by atoms with Crippen LogP contribution in [0.1, 0.15) is 34.1 Å². The second kappa shape index (κ2) is 9.60. The lowest BCUT2D eigenvalue weighted by Crippen LogP contribution is -2.55. The molecule has 5 rings (SSSR count). The van der Waals surface area contributed by atoms with Gasteiger partial charge in [0.1, 0.15) is 10.5 Å². The van der Waals surface area contributed by atoms with Gasteiger partial charge in [0.25, 0.3) is 5.91 Å². The van der Waals surface area contributed by atoms with Gasteiger partial charge in [-0.15, -0.1) is 11.3 Å². The largest absolute Gasteiger partial charge is 0.334 e. The number of piperazine rings is 1. The van der Waals surface area contributed by atoms with Crippen LogP contribution in [-0.2, 0) is 22.3 Å². The molecule has 1 unspecified atom stereocenters. The molecule has 0 bridgehead atoms. The van der Waals surface area contributed by atoms with Gasteiger partial charge in [0.05, 0.1) is 5.75 Å². The molecule has 35 heavy (non-hydrogen) atoms. The van der Waals surface area contributed by atoms with Crippen molar-refractivity contribution in [3.8, 4) is 0 Å². The molecule has 0 spiro atoms. The minimum atomic E-state index is -3.47. The molecular weight excluding hydrogens is 478 g/mol. The van der Waals surface area contributed by atoms with E-state index in [0.717, 1.165) is 21.3 Å². The summed E-state index contributed by atoms with van der Waals surface area (Å²) in [7, 11) is -3.47. The normalized spacial score (nSPS) is 17.2. The van der Waals surface area contributed by atoms with Crippen molar-refractivity contribution >= 4 is 37.5 Å². The van der Waals surface area contributed by atoms with Gasteiger partial charge in [-0.05, 0) is 42.5 Å².